The second kappa shape index (κ2) is 5.69. The fourth-order valence-electron chi connectivity index (χ4n) is 1.89. The van der Waals surface area contributed by atoms with Gasteiger partial charge >= 0.3 is 0 Å². The highest BCUT2D eigenvalue weighted by Gasteiger charge is 2.16. The number of amides is 1. The Balaban J connectivity index is 2.15. The minimum atomic E-state index is -0.261. The van der Waals surface area contributed by atoms with Crippen molar-refractivity contribution in [3.63, 3.8) is 0 Å². The van der Waals surface area contributed by atoms with E-state index in [1.807, 2.05) is 26.0 Å². The van der Waals surface area contributed by atoms with E-state index >= 15 is 0 Å². The summed E-state index contributed by atoms with van der Waals surface area (Å²) in [5.41, 5.74) is 6.62. The van der Waals surface area contributed by atoms with E-state index in [1.165, 1.54) is 0 Å². The minimum absolute atomic E-state index is 0.234. The first-order valence-electron chi connectivity index (χ1n) is 6.32. The highest BCUT2D eigenvalue weighted by atomic mass is 16.5. The number of anilines is 1. The van der Waals surface area contributed by atoms with Crippen molar-refractivity contribution in [2.24, 2.45) is 0 Å². The Morgan fingerprint density at radius 2 is 2.10 bits per heavy atom. The van der Waals surface area contributed by atoms with Crippen LogP contribution in [0.3, 0.4) is 0 Å². The van der Waals surface area contributed by atoms with Gasteiger partial charge in [0.2, 0.25) is 0 Å². The minimum Gasteiger partial charge on any atom is -0.497 e. The zero-order valence-corrected chi connectivity index (χ0v) is 11.8. The van der Waals surface area contributed by atoms with E-state index in [0.29, 0.717) is 22.8 Å². The summed E-state index contributed by atoms with van der Waals surface area (Å²) < 4.78 is 10.6. The van der Waals surface area contributed by atoms with Crippen LogP contribution < -0.4 is 15.8 Å². The largest absolute Gasteiger partial charge is 0.497 e. The summed E-state index contributed by atoms with van der Waals surface area (Å²) in [6.45, 7) is 3.71. The number of furan rings is 1. The molecule has 1 atom stereocenters. The van der Waals surface area contributed by atoms with E-state index in [-0.39, 0.29) is 11.9 Å². The van der Waals surface area contributed by atoms with Gasteiger partial charge in [0.1, 0.15) is 17.3 Å². The molecule has 5 nitrogen and oxygen atoms in total. The highest BCUT2D eigenvalue weighted by Crippen LogP contribution is 2.21. The molecule has 0 aliphatic heterocycles. The molecule has 0 aliphatic rings. The first-order valence-corrected chi connectivity index (χ1v) is 6.32. The average molecular weight is 274 g/mol. The molecule has 106 valence electrons. The van der Waals surface area contributed by atoms with Gasteiger partial charge < -0.3 is 20.2 Å². The third kappa shape index (κ3) is 2.93. The summed E-state index contributed by atoms with van der Waals surface area (Å²) in [6.07, 6.45) is 0. The van der Waals surface area contributed by atoms with Crippen molar-refractivity contribution in [3.05, 3.63) is 47.4 Å². The van der Waals surface area contributed by atoms with E-state index in [2.05, 4.69) is 5.32 Å². The molecule has 1 heterocycles. The summed E-state index contributed by atoms with van der Waals surface area (Å²) >= 11 is 0. The molecule has 2 rings (SSSR count). The van der Waals surface area contributed by atoms with Gasteiger partial charge in [-0.2, -0.15) is 0 Å². The Morgan fingerprint density at radius 1 is 1.35 bits per heavy atom. The monoisotopic (exact) mass is 274 g/mol. The maximum absolute atomic E-state index is 12.2. The van der Waals surface area contributed by atoms with Crippen molar-refractivity contribution in [1.82, 2.24) is 5.32 Å². The molecule has 1 aromatic heterocycles. The Labute approximate surface area is 117 Å². The molecule has 0 saturated heterocycles. The molecule has 0 saturated carbocycles. The number of methoxy groups -OCH3 is 1. The van der Waals surface area contributed by atoms with Gasteiger partial charge in [0.25, 0.3) is 5.91 Å². The number of hydrogen-bond donors (Lipinski definition) is 2. The van der Waals surface area contributed by atoms with Crippen LogP contribution in [0.1, 0.15) is 34.8 Å². The van der Waals surface area contributed by atoms with Crippen molar-refractivity contribution >= 4 is 11.6 Å². The van der Waals surface area contributed by atoms with Gasteiger partial charge in [-0.25, -0.2) is 0 Å². The van der Waals surface area contributed by atoms with Crippen LogP contribution in [-0.4, -0.2) is 13.0 Å². The number of nitrogens with one attached hydrogen (secondary N) is 1. The summed E-state index contributed by atoms with van der Waals surface area (Å²) in [4.78, 5) is 12.2. The molecular weight excluding hydrogens is 256 g/mol. The standard InChI is InChI=1S/C15H18N2O3/c1-9-4-7-14(20-9)10(2)17-15(18)12-8-11(19-3)5-6-13(12)16/h4-8,10H,16H2,1-3H3,(H,17,18). The van der Waals surface area contributed by atoms with Gasteiger partial charge in [0.05, 0.1) is 18.7 Å². The second-order valence-electron chi connectivity index (χ2n) is 4.60. The summed E-state index contributed by atoms with van der Waals surface area (Å²) in [6, 6.07) is 8.44. The summed E-state index contributed by atoms with van der Waals surface area (Å²) in [5.74, 6) is 1.84. The fourth-order valence-corrected chi connectivity index (χ4v) is 1.89. The number of carbonyl (C=O) groups excluding carboxylic acids is 1. The van der Waals surface area contributed by atoms with Crippen LogP contribution in [0.25, 0.3) is 0 Å². The van der Waals surface area contributed by atoms with Gasteiger partial charge in [-0.1, -0.05) is 0 Å². The van der Waals surface area contributed by atoms with Crippen molar-refractivity contribution in [1.29, 1.82) is 0 Å². The molecular formula is C15H18N2O3. The Kier molecular flexibility index (Phi) is 3.98. The topological polar surface area (TPSA) is 77.5 Å². The molecule has 1 unspecified atom stereocenters. The molecule has 0 radical (unpaired) electrons. The van der Waals surface area contributed by atoms with Gasteiger partial charge in [-0.3, -0.25) is 4.79 Å². The summed E-state index contributed by atoms with van der Waals surface area (Å²) in [5, 5.41) is 2.85. The molecule has 0 bridgehead atoms. The molecule has 1 amide bonds. The molecule has 1 aromatic carbocycles. The maximum Gasteiger partial charge on any atom is 0.254 e. The molecule has 0 fully saturated rings. The number of carbonyl (C=O) groups is 1. The quantitative estimate of drug-likeness (QED) is 0.840. The summed E-state index contributed by atoms with van der Waals surface area (Å²) in [7, 11) is 1.54. The Hall–Kier alpha value is -2.43. The fraction of sp³-hybridized carbons (Fsp3) is 0.267. The molecule has 2 aromatic rings. The maximum atomic E-state index is 12.2. The van der Waals surface area contributed by atoms with Crippen LogP contribution in [0.2, 0.25) is 0 Å². The Bertz CT molecular complexity index is 619. The number of hydrogen-bond acceptors (Lipinski definition) is 4. The van der Waals surface area contributed by atoms with Gasteiger partial charge in [0.15, 0.2) is 0 Å². The zero-order chi connectivity index (χ0) is 14.7. The molecule has 3 N–H and O–H groups in total. The first-order chi connectivity index (χ1) is 9.51. The lowest BCUT2D eigenvalue weighted by molar-refractivity contribution is 0.0935. The third-order valence-corrected chi connectivity index (χ3v) is 3.04. The van der Waals surface area contributed by atoms with Crippen molar-refractivity contribution < 1.29 is 13.9 Å². The number of nitrogen functional groups attached to an aromatic ring is 1. The average Bonchev–Trinajstić information content (AvgIpc) is 2.86. The third-order valence-electron chi connectivity index (χ3n) is 3.04. The van der Waals surface area contributed by atoms with Crippen LogP contribution in [0.15, 0.2) is 34.7 Å². The van der Waals surface area contributed by atoms with E-state index in [0.717, 1.165) is 5.76 Å². The molecule has 20 heavy (non-hydrogen) atoms. The number of rotatable bonds is 4. The number of ether oxygens (including phenoxy) is 1. The smallest absolute Gasteiger partial charge is 0.254 e. The van der Waals surface area contributed by atoms with Crippen LogP contribution in [0.5, 0.6) is 5.75 Å². The van der Waals surface area contributed by atoms with E-state index < -0.39 is 0 Å². The van der Waals surface area contributed by atoms with Crippen molar-refractivity contribution in [2.75, 3.05) is 12.8 Å². The SMILES string of the molecule is COc1ccc(N)c(C(=O)NC(C)c2ccc(C)o2)c1. The van der Waals surface area contributed by atoms with Gasteiger partial charge in [0, 0.05) is 5.69 Å². The molecule has 5 heteroatoms. The van der Waals surface area contributed by atoms with Gasteiger partial charge in [-0.05, 0) is 44.2 Å². The van der Waals surface area contributed by atoms with Crippen LogP contribution in [-0.2, 0) is 0 Å². The highest BCUT2D eigenvalue weighted by molar-refractivity contribution is 5.99. The lowest BCUT2D eigenvalue weighted by atomic mass is 10.1. The van der Waals surface area contributed by atoms with Crippen LogP contribution in [0.4, 0.5) is 5.69 Å². The number of nitrogens with two attached hydrogens (primary N) is 1. The van der Waals surface area contributed by atoms with Gasteiger partial charge in [-0.15, -0.1) is 0 Å². The zero-order valence-electron chi connectivity index (χ0n) is 11.8. The number of aryl methyl sites for hydroxylation is 1. The normalized spacial score (nSPS) is 11.9. The van der Waals surface area contributed by atoms with Crippen LogP contribution >= 0.6 is 0 Å². The number of benzene rings is 1. The lowest BCUT2D eigenvalue weighted by Gasteiger charge is -2.13. The van der Waals surface area contributed by atoms with Crippen molar-refractivity contribution in [3.8, 4) is 5.75 Å². The molecule has 0 aliphatic carbocycles. The lowest BCUT2D eigenvalue weighted by Crippen LogP contribution is -2.27. The van der Waals surface area contributed by atoms with E-state index in [1.54, 1.807) is 25.3 Å². The van der Waals surface area contributed by atoms with E-state index in [9.17, 15) is 4.79 Å². The predicted molar refractivity (Wildman–Crippen MR) is 76.7 cm³/mol. The Morgan fingerprint density at radius 3 is 2.70 bits per heavy atom. The van der Waals surface area contributed by atoms with Crippen molar-refractivity contribution in [2.45, 2.75) is 19.9 Å². The molecule has 0 spiro atoms. The predicted octanol–water partition coefficient (Wildman–Crippen LogP) is 2.67. The second-order valence-corrected chi connectivity index (χ2v) is 4.60. The first kappa shape index (κ1) is 14.0. The van der Waals surface area contributed by atoms with E-state index in [4.69, 9.17) is 14.9 Å². The van der Waals surface area contributed by atoms with Crippen LogP contribution in [0, 0.1) is 6.92 Å².